The topological polar surface area (TPSA) is 12.5 Å². The van der Waals surface area contributed by atoms with E-state index < -0.39 is 5.85 Å². The molecule has 0 spiro atoms. The standard InChI is InChI=1S/C9H12F2NOP/c1-12(2)7-3-5-8(6-4-7)13-9(10,11)14/h3-6H,14H2,1-2H3. The second-order valence-corrected chi connectivity index (χ2v) is 3.72. The summed E-state index contributed by atoms with van der Waals surface area (Å²) in [5.74, 6) is -3.06. The Morgan fingerprint density at radius 2 is 1.71 bits per heavy atom. The van der Waals surface area contributed by atoms with Crippen molar-refractivity contribution in [3.05, 3.63) is 24.3 Å². The average Bonchev–Trinajstić information content (AvgIpc) is 2.02. The van der Waals surface area contributed by atoms with Crippen LogP contribution in [0.2, 0.25) is 0 Å². The summed E-state index contributed by atoms with van der Waals surface area (Å²) in [6.45, 7) is 0. The van der Waals surface area contributed by atoms with Gasteiger partial charge in [0.05, 0.1) is 0 Å². The van der Waals surface area contributed by atoms with E-state index in [1.54, 1.807) is 12.1 Å². The Morgan fingerprint density at radius 3 is 2.07 bits per heavy atom. The first kappa shape index (κ1) is 11.2. The Balaban J connectivity index is 2.74. The van der Waals surface area contributed by atoms with Crippen molar-refractivity contribution in [3.8, 4) is 5.75 Å². The van der Waals surface area contributed by atoms with E-state index in [0.717, 1.165) is 5.69 Å². The summed E-state index contributed by atoms with van der Waals surface area (Å²) in [4.78, 5) is 1.88. The van der Waals surface area contributed by atoms with E-state index in [1.165, 1.54) is 21.4 Å². The Hall–Kier alpha value is -0.890. The number of benzene rings is 1. The maximum absolute atomic E-state index is 12.4. The molecule has 0 heterocycles. The predicted molar refractivity (Wildman–Crippen MR) is 56.1 cm³/mol. The molecule has 0 amide bonds. The second kappa shape index (κ2) is 4.09. The summed E-state index contributed by atoms with van der Waals surface area (Å²) < 4.78 is 29.1. The Labute approximate surface area is 84.1 Å². The molecule has 14 heavy (non-hydrogen) atoms. The van der Waals surface area contributed by atoms with Gasteiger partial charge in [0.15, 0.2) is 0 Å². The van der Waals surface area contributed by atoms with Crippen molar-refractivity contribution in [3.63, 3.8) is 0 Å². The first-order valence-electron chi connectivity index (χ1n) is 4.01. The maximum atomic E-state index is 12.4. The van der Waals surface area contributed by atoms with Crippen molar-refractivity contribution in [2.24, 2.45) is 0 Å². The Morgan fingerprint density at radius 1 is 1.21 bits per heavy atom. The van der Waals surface area contributed by atoms with Crippen molar-refractivity contribution < 1.29 is 13.5 Å². The van der Waals surface area contributed by atoms with E-state index in [2.05, 4.69) is 4.74 Å². The maximum Gasteiger partial charge on any atom is 0.408 e. The third-order valence-corrected chi connectivity index (χ3v) is 1.72. The lowest BCUT2D eigenvalue weighted by molar-refractivity contribution is -0.0892. The minimum absolute atomic E-state index is 0.149. The number of rotatable bonds is 3. The lowest BCUT2D eigenvalue weighted by atomic mass is 10.3. The quantitative estimate of drug-likeness (QED) is 0.724. The van der Waals surface area contributed by atoms with Gasteiger partial charge in [-0.15, -0.1) is 0 Å². The Kier molecular flexibility index (Phi) is 3.27. The molecule has 0 aliphatic rings. The van der Waals surface area contributed by atoms with Gasteiger partial charge >= 0.3 is 5.85 Å². The molecule has 1 unspecified atom stereocenters. The predicted octanol–water partition coefficient (Wildman–Crippen LogP) is 2.56. The summed E-state index contributed by atoms with van der Waals surface area (Å²) in [6.07, 6.45) is 0. The monoisotopic (exact) mass is 219 g/mol. The molecule has 1 rings (SSSR count). The van der Waals surface area contributed by atoms with Crippen LogP contribution < -0.4 is 9.64 Å². The molecule has 0 N–H and O–H groups in total. The van der Waals surface area contributed by atoms with Crippen LogP contribution in [0.25, 0.3) is 0 Å². The zero-order valence-electron chi connectivity index (χ0n) is 8.00. The van der Waals surface area contributed by atoms with Gasteiger partial charge in [-0.05, 0) is 33.5 Å². The average molecular weight is 219 g/mol. The minimum Gasteiger partial charge on any atom is -0.430 e. The number of alkyl halides is 2. The van der Waals surface area contributed by atoms with E-state index in [9.17, 15) is 8.78 Å². The fourth-order valence-corrected chi connectivity index (χ4v) is 1.11. The van der Waals surface area contributed by atoms with Gasteiger partial charge in [0.2, 0.25) is 0 Å². The van der Waals surface area contributed by atoms with Crippen LogP contribution in [0.15, 0.2) is 24.3 Å². The second-order valence-electron chi connectivity index (χ2n) is 3.05. The number of ether oxygens (including phenoxy) is 1. The van der Waals surface area contributed by atoms with Crippen LogP contribution in [0.1, 0.15) is 0 Å². The molecular formula is C9H12F2NOP. The fraction of sp³-hybridized carbons (Fsp3) is 0.333. The van der Waals surface area contributed by atoms with Gasteiger partial charge in [0, 0.05) is 19.8 Å². The lowest BCUT2D eigenvalue weighted by Crippen LogP contribution is -2.15. The molecule has 0 aromatic heterocycles. The zero-order chi connectivity index (χ0) is 10.8. The summed E-state index contributed by atoms with van der Waals surface area (Å²) in [5, 5.41) is 0. The van der Waals surface area contributed by atoms with Crippen molar-refractivity contribution in [2.45, 2.75) is 5.85 Å². The van der Waals surface area contributed by atoms with Crippen molar-refractivity contribution in [2.75, 3.05) is 19.0 Å². The van der Waals surface area contributed by atoms with Gasteiger partial charge in [-0.3, -0.25) is 0 Å². The summed E-state index contributed by atoms with van der Waals surface area (Å²) in [5.41, 5.74) is 0.935. The first-order chi connectivity index (χ1) is 6.38. The van der Waals surface area contributed by atoms with Crippen LogP contribution in [-0.4, -0.2) is 19.9 Å². The van der Waals surface area contributed by atoms with Crippen LogP contribution in [0.3, 0.4) is 0 Å². The molecule has 0 radical (unpaired) electrons. The minimum atomic E-state index is -3.21. The summed E-state index contributed by atoms with van der Waals surface area (Å²) in [6, 6.07) is 6.44. The van der Waals surface area contributed by atoms with Crippen molar-refractivity contribution >= 4 is 14.9 Å². The number of halogens is 2. The van der Waals surface area contributed by atoms with E-state index in [0.29, 0.717) is 0 Å². The molecule has 0 saturated carbocycles. The highest BCUT2D eigenvalue weighted by molar-refractivity contribution is 7.17. The van der Waals surface area contributed by atoms with Gasteiger partial charge in [-0.2, -0.15) is 8.78 Å². The number of hydrogen-bond donors (Lipinski definition) is 0. The molecule has 0 bridgehead atoms. The molecule has 0 saturated heterocycles. The van der Waals surface area contributed by atoms with Gasteiger partial charge in [-0.1, -0.05) is 0 Å². The molecule has 78 valence electrons. The van der Waals surface area contributed by atoms with E-state index in [1.807, 2.05) is 19.0 Å². The van der Waals surface area contributed by atoms with Crippen LogP contribution in [-0.2, 0) is 0 Å². The largest absolute Gasteiger partial charge is 0.430 e. The number of anilines is 1. The van der Waals surface area contributed by atoms with Crippen LogP contribution in [0.4, 0.5) is 14.5 Å². The van der Waals surface area contributed by atoms with Gasteiger partial charge in [0.25, 0.3) is 0 Å². The Bertz CT molecular complexity index is 295. The molecule has 2 nitrogen and oxygen atoms in total. The van der Waals surface area contributed by atoms with E-state index in [-0.39, 0.29) is 5.75 Å². The molecule has 0 aliphatic carbocycles. The highest BCUT2D eigenvalue weighted by Gasteiger charge is 2.23. The molecule has 1 aromatic rings. The highest BCUT2D eigenvalue weighted by Crippen LogP contribution is 2.28. The van der Waals surface area contributed by atoms with Crippen LogP contribution in [0.5, 0.6) is 5.75 Å². The normalized spacial score (nSPS) is 11.2. The molecule has 5 heteroatoms. The van der Waals surface area contributed by atoms with Crippen molar-refractivity contribution in [1.29, 1.82) is 0 Å². The molecule has 1 aromatic carbocycles. The number of nitrogens with zero attached hydrogens (tertiary/aromatic N) is 1. The lowest BCUT2D eigenvalue weighted by Gasteiger charge is -2.15. The fourth-order valence-electron chi connectivity index (χ4n) is 0.969. The van der Waals surface area contributed by atoms with E-state index >= 15 is 0 Å². The van der Waals surface area contributed by atoms with Crippen molar-refractivity contribution in [1.82, 2.24) is 0 Å². The summed E-state index contributed by atoms with van der Waals surface area (Å²) >= 11 is 0. The third-order valence-electron chi connectivity index (χ3n) is 1.61. The SMILES string of the molecule is CN(C)c1ccc(OC(F)(F)P)cc1. The molecule has 1 atom stereocenters. The van der Waals surface area contributed by atoms with Gasteiger partial charge in [-0.25, -0.2) is 0 Å². The van der Waals surface area contributed by atoms with E-state index in [4.69, 9.17) is 0 Å². The van der Waals surface area contributed by atoms with Gasteiger partial charge < -0.3 is 9.64 Å². The summed E-state index contributed by atoms with van der Waals surface area (Å²) in [7, 11) is 5.08. The molecular weight excluding hydrogens is 207 g/mol. The first-order valence-corrected chi connectivity index (χ1v) is 4.59. The van der Waals surface area contributed by atoms with Crippen LogP contribution >= 0.6 is 9.24 Å². The molecule has 0 fully saturated rings. The van der Waals surface area contributed by atoms with Gasteiger partial charge in [0.1, 0.15) is 5.75 Å². The molecule has 0 aliphatic heterocycles. The third kappa shape index (κ3) is 3.46. The zero-order valence-corrected chi connectivity index (χ0v) is 9.15. The van der Waals surface area contributed by atoms with Crippen LogP contribution in [0, 0.1) is 0 Å². The number of hydrogen-bond acceptors (Lipinski definition) is 2. The smallest absolute Gasteiger partial charge is 0.408 e. The highest BCUT2D eigenvalue weighted by atomic mass is 31.0.